The van der Waals surface area contributed by atoms with Crippen LogP contribution in [0.1, 0.15) is 44.2 Å². The van der Waals surface area contributed by atoms with E-state index in [1.54, 1.807) is 12.5 Å². The molecule has 1 unspecified atom stereocenters. The van der Waals surface area contributed by atoms with Crippen molar-refractivity contribution < 1.29 is 9.52 Å². The Hall–Kier alpha value is -0.800. The van der Waals surface area contributed by atoms with E-state index in [9.17, 15) is 0 Å². The van der Waals surface area contributed by atoms with E-state index in [0.29, 0.717) is 18.1 Å². The molecule has 0 radical (unpaired) electrons. The summed E-state index contributed by atoms with van der Waals surface area (Å²) in [4.78, 5) is 0. The zero-order chi connectivity index (χ0) is 11.4. The van der Waals surface area contributed by atoms with Crippen LogP contribution in [0.2, 0.25) is 0 Å². The molecule has 1 aliphatic carbocycles. The Morgan fingerprint density at radius 3 is 2.88 bits per heavy atom. The minimum atomic E-state index is 0.307. The first kappa shape index (κ1) is 11.7. The molecule has 0 aromatic carbocycles. The second-order valence-electron chi connectivity index (χ2n) is 4.99. The molecule has 1 heterocycles. The van der Waals surface area contributed by atoms with Gasteiger partial charge in [-0.2, -0.15) is 0 Å². The summed E-state index contributed by atoms with van der Waals surface area (Å²) in [6.45, 7) is 3.46. The predicted octanol–water partition coefficient (Wildman–Crippen LogP) is 2.48. The largest absolute Gasteiger partial charge is 0.472 e. The van der Waals surface area contributed by atoms with E-state index in [2.05, 4.69) is 12.2 Å². The van der Waals surface area contributed by atoms with Crippen LogP contribution in [0.25, 0.3) is 0 Å². The average molecular weight is 223 g/mol. The number of furan rings is 1. The van der Waals surface area contributed by atoms with Gasteiger partial charge in [-0.1, -0.05) is 6.42 Å². The summed E-state index contributed by atoms with van der Waals surface area (Å²) < 4.78 is 5.08. The fraction of sp³-hybridized carbons (Fsp3) is 0.692. The Balaban J connectivity index is 1.82. The SMILES string of the molecule is CC(NCC1(CCO)CCC1)c1ccoc1. The summed E-state index contributed by atoms with van der Waals surface area (Å²) in [5, 5.41) is 12.6. The fourth-order valence-electron chi connectivity index (χ4n) is 2.44. The lowest BCUT2D eigenvalue weighted by atomic mass is 9.66. The molecule has 0 aliphatic heterocycles. The van der Waals surface area contributed by atoms with Gasteiger partial charge in [0.2, 0.25) is 0 Å². The van der Waals surface area contributed by atoms with Crippen LogP contribution >= 0.6 is 0 Å². The van der Waals surface area contributed by atoms with Crippen molar-refractivity contribution in [3.05, 3.63) is 24.2 Å². The number of rotatable bonds is 6. The van der Waals surface area contributed by atoms with Gasteiger partial charge in [0.25, 0.3) is 0 Å². The van der Waals surface area contributed by atoms with Crippen LogP contribution in [0, 0.1) is 5.41 Å². The molecule has 16 heavy (non-hydrogen) atoms. The zero-order valence-electron chi connectivity index (χ0n) is 9.91. The van der Waals surface area contributed by atoms with Crippen LogP contribution in [-0.4, -0.2) is 18.3 Å². The van der Waals surface area contributed by atoms with Gasteiger partial charge in [0.05, 0.1) is 12.5 Å². The van der Waals surface area contributed by atoms with Crippen molar-refractivity contribution >= 4 is 0 Å². The molecule has 90 valence electrons. The lowest BCUT2D eigenvalue weighted by Gasteiger charge is -2.42. The first-order chi connectivity index (χ1) is 7.76. The Morgan fingerprint density at radius 1 is 1.56 bits per heavy atom. The maximum absolute atomic E-state index is 9.07. The number of aliphatic hydroxyl groups is 1. The van der Waals surface area contributed by atoms with Crippen LogP contribution in [0.15, 0.2) is 23.0 Å². The Morgan fingerprint density at radius 2 is 2.38 bits per heavy atom. The second-order valence-corrected chi connectivity index (χ2v) is 4.99. The minimum absolute atomic E-state index is 0.307. The van der Waals surface area contributed by atoms with E-state index in [4.69, 9.17) is 9.52 Å². The van der Waals surface area contributed by atoms with Gasteiger partial charge in [0.15, 0.2) is 0 Å². The van der Waals surface area contributed by atoms with Crippen LogP contribution in [0.4, 0.5) is 0 Å². The van der Waals surface area contributed by atoms with Crippen molar-refractivity contribution in [3.8, 4) is 0 Å². The zero-order valence-corrected chi connectivity index (χ0v) is 9.91. The van der Waals surface area contributed by atoms with Crippen molar-refractivity contribution in [2.24, 2.45) is 5.41 Å². The van der Waals surface area contributed by atoms with Crippen LogP contribution in [0.5, 0.6) is 0 Å². The van der Waals surface area contributed by atoms with Gasteiger partial charge in [-0.15, -0.1) is 0 Å². The highest BCUT2D eigenvalue weighted by atomic mass is 16.3. The smallest absolute Gasteiger partial charge is 0.0950 e. The molecule has 1 aromatic heterocycles. The van der Waals surface area contributed by atoms with E-state index in [0.717, 1.165) is 13.0 Å². The van der Waals surface area contributed by atoms with Crippen LogP contribution in [-0.2, 0) is 0 Å². The molecule has 2 rings (SSSR count). The summed E-state index contributed by atoms with van der Waals surface area (Å²) in [5.41, 5.74) is 1.55. The highest BCUT2D eigenvalue weighted by Crippen LogP contribution is 2.43. The molecule has 0 amide bonds. The van der Waals surface area contributed by atoms with Gasteiger partial charge in [0.1, 0.15) is 0 Å². The Labute approximate surface area is 96.8 Å². The molecule has 1 aliphatic rings. The Bertz CT molecular complexity index is 304. The maximum Gasteiger partial charge on any atom is 0.0950 e. The highest BCUT2D eigenvalue weighted by molar-refractivity contribution is 5.10. The first-order valence-electron chi connectivity index (χ1n) is 6.12. The molecular formula is C13H21NO2. The Kier molecular flexibility index (Phi) is 3.66. The van der Waals surface area contributed by atoms with Gasteiger partial charge in [0, 0.05) is 24.8 Å². The van der Waals surface area contributed by atoms with Crippen LogP contribution in [0.3, 0.4) is 0 Å². The quantitative estimate of drug-likeness (QED) is 0.778. The van der Waals surface area contributed by atoms with E-state index >= 15 is 0 Å². The normalized spacial score (nSPS) is 20.4. The lowest BCUT2D eigenvalue weighted by molar-refractivity contribution is 0.0833. The third kappa shape index (κ3) is 2.47. The topological polar surface area (TPSA) is 45.4 Å². The third-order valence-corrected chi connectivity index (χ3v) is 3.88. The summed E-state index contributed by atoms with van der Waals surface area (Å²) in [5.74, 6) is 0. The van der Waals surface area contributed by atoms with E-state index < -0.39 is 0 Å². The van der Waals surface area contributed by atoms with Gasteiger partial charge >= 0.3 is 0 Å². The lowest BCUT2D eigenvalue weighted by Crippen LogP contribution is -2.41. The van der Waals surface area contributed by atoms with Crippen molar-refractivity contribution in [2.75, 3.05) is 13.2 Å². The summed E-state index contributed by atoms with van der Waals surface area (Å²) in [7, 11) is 0. The standard InChI is InChI=1S/C13H21NO2/c1-11(12-3-8-16-9-12)14-10-13(6-7-15)4-2-5-13/h3,8-9,11,14-15H,2,4-7,10H2,1H3. The van der Waals surface area contributed by atoms with Crippen molar-refractivity contribution in [1.29, 1.82) is 0 Å². The molecule has 0 saturated heterocycles. The molecule has 1 atom stereocenters. The van der Waals surface area contributed by atoms with Crippen molar-refractivity contribution in [2.45, 2.75) is 38.6 Å². The summed E-state index contributed by atoms with van der Waals surface area (Å²) in [6, 6.07) is 2.33. The molecule has 1 saturated carbocycles. The average Bonchev–Trinajstić information content (AvgIpc) is 2.74. The van der Waals surface area contributed by atoms with Gasteiger partial charge in [-0.25, -0.2) is 0 Å². The molecule has 3 nitrogen and oxygen atoms in total. The monoisotopic (exact) mass is 223 g/mol. The third-order valence-electron chi connectivity index (χ3n) is 3.88. The molecule has 0 spiro atoms. The second kappa shape index (κ2) is 5.02. The number of hydrogen-bond acceptors (Lipinski definition) is 3. The minimum Gasteiger partial charge on any atom is -0.472 e. The highest BCUT2D eigenvalue weighted by Gasteiger charge is 2.36. The van der Waals surface area contributed by atoms with Gasteiger partial charge < -0.3 is 14.8 Å². The van der Waals surface area contributed by atoms with Gasteiger partial charge in [-0.05, 0) is 37.7 Å². The predicted molar refractivity (Wildman–Crippen MR) is 63.1 cm³/mol. The molecule has 1 aromatic rings. The molecule has 3 heteroatoms. The summed E-state index contributed by atoms with van der Waals surface area (Å²) in [6.07, 6.45) is 8.23. The van der Waals surface area contributed by atoms with E-state index in [1.807, 2.05) is 6.07 Å². The molecule has 2 N–H and O–H groups in total. The number of hydrogen-bond donors (Lipinski definition) is 2. The molecule has 1 fully saturated rings. The van der Waals surface area contributed by atoms with Crippen molar-refractivity contribution in [1.82, 2.24) is 5.32 Å². The van der Waals surface area contributed by atoms with E-state index in [-0.39, 0.29) is 0 Å². The number of aliphatic hydroxyl groups excluding tert-OH is 1. The first-order valence-corrected chi connectivity index (χ1v) is 6.12. The maximum atomic E-state index is 9.07. The van der Waals surface area contributed by atoms with Crippen LogP contribution < -0.4 is 5.32 Å². The van der Waals surface area contributed by atoms with Crippen molar-refractivity contribution in [3.63, 3.8) is 0 Å². The fourth-order valence-corrected chi connectivity index (χ4v) is 2.44. The molecular weight excluding hydrogens is 202 g/mol. The summed E-state index contributed by atoms with van der Waals surface area (Å²) >= 11 is 0. The van der Waals surface area contributed by atoms with Gasteiger partial charge in [-0.3, -0.25) is 0 Å². The van der Waals surface area contributed by atoms with E-state index in [1.165, 1.54) is 24.8 Å². The number of nitrogens with one attached hydrogen (secondary N) is 1. The molecule has 0 bridgehead atoms.